The molecule has 8 heteroatoms. The summed E-state index contributed by atoms with van der Waals surface area (Å²) in [5.74, 6) is 1.65. The SMILES string of the molecule is CNc1ccc(-c2cn[nH]c2)cc1N1CCC(N(C)C)CC1.COc1ccc2c(c1)CC(C=O)CO2. The first kappa shape index (κ1) is 25.6. The predicted octanol–water partition coefficient (Wildman–Crippen LogP) is 4.09. The molecule has 8 nitrogen and oxygen atoms in total. The van der Waals surface area contributed by atoms with Crippen LogP contribution in [0.5, 0.6) is 11.5 Å². The molecule has 0 radical (unpaired) electrons. The Balaban J connectivity index is 0.000000187. The lowest BCUT2D eigenvalue weighted by molar-refractivity contribution is -0.112. The Morgan fingerprint density at radius 1 is 1.17 bits per heavy atom. The standard InChI is InChI=1S/C17H25N5.C11H12O3/c1-18-16-5-4-13(14-11-19-20-12-14)10-17(16)22-8-6-15(7-9-22)21(2)3;1-13-10-2-3-11-9(5-10)4-8(6-12)7-14-11/h4-5,10-12,15,18H,6-9H2,1-3H3,(H,19,20);2-3,5-6,8H,4,7H2,1H3. The number of aldehydes is 1. The van der Waals surface area contributed by atoms with Crippen molar-refractivity contribution >= 4 is 17.7 Å². The van der Waals surface area contributed by atoms with Crippen molar-refractivity contribution in [3.05, 3.63) is 54.4 Å². The number of nitrogens with zero attached hydrogens (tertiary/aromatic N) is 3. The molecule has 3 heterocycles. The molecule has 0 aliphatic carbocycles. The number of fused-ring (bicyclic) bond motifs is 1. The third-order valence-electron chi connectivity index (χ3n) is 7.03. The van der Waals surface area contributed by atoms with Crippen LogP contribution in [0.1, 0.15) is 18.4 Å². The summed E-state index contributed by atoms with van der Waals surface area (Å²) in [6.07, 6.45) is 7.93. The van der Waals surface area contributed by atoms with Crippen LogP contribution >= 0.6 is 0 Å². The van der Waals surface area contributed by atoms with Crippen LogP contribution in [-0.4, -0.2) is 75.4 Å². The highest BCUT2D eigenvalue weighted by Gasteiger charge is 2.23. The van der Waals surface area contributed by atoms with E-state index in [1.165, 1.54) is 29.8 Å². The molecule has 192 valence electrons. The average molecular weight is 492 g/mol. The maximum Gasteiger partial charge on any atom is 0.126 e. The monoisotopic (exact) mass is 491 g/mol. The fraction of sp³-hybridized carbons (Fsp3) is 0.429. The van der Waals surface area contributed by atoms with Crippen LogP contribution in [-0.2, 0) is 11.2 Å². The van der Waals surface area contributed by atoms with Crippen molar-refractivity contribution in [1.82, 2.24) is 15.1 Å². The molecule has 2 aromatic carbocycles. The van der Waals surface area contributed by atoms with Gasteiger partial charge < -0.3 is 29.4 Å². The minimum absolute atomic E-state index is 0.0189. The van der Waals surface area contributed by atoms with Crippen molar-refractivity contribution < 1.29 is 14.3 Å². The summed E-state index contributed by atoms with van der Waals surface area (Å²) in [5.41, 5.74) is 5.87. The molecule has 1 fully saturated rings. The van der Waals surface area contributed by atoms with E-state index in [-0.39, 0.29) is 5.92 Å². The second-order valence-electron chi connectivity index (χ2n) is 9.54. The number of hydrogen-bond acceptors (Lipinski definition) is 7. The lowest BCUT2D eigenvalue weighted by Gasteiger charge is -2.37. The van der Waals surface area contributed by atoms with Gasteiger partial charge in [0.15, 0.2) is 0 Å². The van der Waals surface area contributed by atoms with Gasteiger partial charge in [0.05, 0.1) is 37.2 Å². The maximum absolute atomic E-state index is 10.6. The number of carbonyl (C=O) groups is 1. The highest BCUT2D eigenvalue weighted by Crippen LogP contribution is 2.33. The first-order valence-electron chi connectivity index (χ1n) is 12.5. The molecule has 5 rings (SSSR count). The highest BCUT2D eigenvalue weighted by molar-refractivity contribution is 5.78. The van der Waals surface area contributed by atoms with E-state index in [1.54, 1.807) is 7.11 Å². The summed E-state index contributed by atoms with van der Waals surface area (Å²) < 4.78 is 10.5. The minimum Gasteiger partial charge on any atom is -0.497 e. The zero-order valence-electron chi connectivity index (χ0n) is 21.7. The Labute approximate surface area is 213 Å². The second kappa shape index (κ2) is 11.9. The normalized spacial score (nSPS) is 17.5. The Morgan fingerprint density at radius 3 is 2.61 bits per heavy atom. The quantitative estimate of drug-likeness (QED) is 0.503. The van der Waals surface area contributed by atoms with Crippen LogP contribution in [0.2, 0.25) is 0 Å². The van der Waals surface area contributed by atoms with Gasteiger partial charge in [-0.3, -0.25) is 5.10 Å². The van der Waals surface area contributed by atoms with Gasteiger partial charge in [-0.1, -0.05) is 6.07 Å². The van der Waals surface area contributed by atoms with Gasteiger partial charge in [-0.25, -0.2) is 0 Å². The van der Waals surface area contributed by atoms with Crippen molar-refractivity contribution in [2.75, 3.05) is 58.2 Å². The van der Waals surface area contributed by atoms with E-state index >= 15 is 0 Å². The Kier molecular flexibility index (Phi) is 8.48. The third-order valence-corrected chi connectivity index (χ3v) is 7.03. The topological polar surface area (TPSA) is 82.7 Å². The smallest absolute Gasteiger partial charge is 0.126 e. The van der Waals surface area contributed by atoms with Crippen LogP contribution < -0.4 is 19.7 Å². The Hall–Kier alpha value is -3.52. The van der Waals surface area contributed by atoms with Crippen molar-refractivity contribution in [1.29, 1.82) is 0 Å². The fourth-order valence-electron chi connectivity index (χ4n) is 4.82. The van der Waals surface area contributed by atoms with E-state index < -0.39 is 0 Å². The number of nitrogens with one attached hydrogen (secondary N) is 2. The molecule has 1 saturated heterocycles. The Morgan fingerprint density at radius 2 is 1.97 bits per heavy atom. The Bertz CT molecular complexity index is 1120. The van der Waals surface area contributed by atoms with Gasteiger partial charge in [-0.2, -0.15) is 5.10 Å². The molecule has 2 aliphatic rings. The predicted molar refractivity (Wildman–Crippen MR) is 144 cm³/mol. The number of benzene rings is 2. The van der Waals surface area contributed by atoms with Gasteiger partial charge in [0, 0.05) is 37.9 Å². The van der Waals surface area contributed by atoms with E-state index in [0.717, 1.165) is 48.4 Å². The van der Waals surface area contributed by atoms with Gasteiger partial charge in [-0.05, 0) is 74.8 Å². The number of piperidine rings is 1. The molecule has 1 aromatic heterocycles. The molecule has 2 aliphatic heterocycles. The number of aromatic nitrogens is 2. The van der Waals surface area contributed by atoms with Crippen molar-refractivity contribution in [2.45, 2.75) is 25.3 Å². The van der Waals surface area contributed by atoms with Crippen LogP contribution in [0, 0.1) is 5.92 Å². The molecule has 0 amide bonds. The molecule has 36 heavy (non-hydrogen) atoms. The van der Waals surface area contributed by atoms with E-state index in [9.17, 15) is 4.79 Å². The number of rotatable bonds is 6. The zero-order chi connectivity index (χ0) is 25.5. The number of aromatic amines is 1. The van der Waals surface area contributed by atoms with Gasteiger partial charge in [0.2, 0.25) is 0 Å². The van der Waals surface area contributed by atoms with Gasteiger partial charge in [-0.15, -0.1) is 0 Å². The van der Waals surface area contributed by atoms with Crippen molar-refractivity contribution in [3.63, 3.8) is 0 Å². The van der Waals surface area contributed by atoms with E-state index in [1.807, 2.05) is 37.6 Å². The van der Waals surface area contributed by atoms with Gasteiger partial charge in [0.1, 0.15) is 17.8 Å². The summed E-state index contributed by atoms with van der Waals surface area (Å²) in [7, 11) is 7.98. The molecule has 2 N–H and O–H groups in total. The number of carbonyl (C=O) groups excluding carboxylic acids is 1. The van der Waals surface area contributed by atoms with Crippen LogP contribution in [0.25, 0.3) is 11.1 Å². The summed E-state index contributed by atoms with van der Waals surface area (Å²) in [6.45, 7) is 2.70. The summed E-state index contributed by atoms with van der Waals surface area (Å²) >= 11 is 0. The largest absolute Gasteiger partial charge is 0.497 e. The van der Waals surface area contributed by atoms with Crippen molar-refractivity contribution in [2.24, 2.45) is 5.92 Å². The van der Waals surface area contributed by atoms with Crippen molar-refractivity contribution in [3.8, 4) is 22.6 Å². The number of ether oxygens (including phenoxy) is 2. The van der Waals surface area contributed by atoms with Gasteiger partial charge >= 0.3 is 0 Å². The van der Waals surface area contributed by atoms with Crippen LogP contribution in [0.3, 0.4) is 0 Å². The first-order chi connectivity index (χ1) is 17.5. The molecule has 1 atom stereocenters. The summed E-state index contributed by atoms with van der Waals surface area (Å²) in [4.78, 5) is 15.5. The average Bonchev–Trinajstić information content (AvgIpc) is 3.47. The second-order valence-corrected chi connectivity index (χ2v) is 9.54. The first-order valence-corrected chi connectivity index (χ1v) is 12.5. The highest BCUT2D eigenvalue weighted by atomic mass is 16.5. The van der Waals surface area contributed by atoms with Crippen LogP contribution in [0.4, 0.5) is 11.4 Å². The molecule has 3 aromatic rings. The molecule has 0 bridgehead atoms. The van der Waals surface area contributed by atoms with E-state index in [2.05, 4.69) is 57.6 Å². The summed E-state index contributed by atoms with van der Waals surface area (Å²) in [5, 5.41) is 10.3. The molecule has 0 saturated carbocycles. The van der Waals surface area contributed by atoms with Gasteiger partial charge in [0.25, 0.3) is 0 Å². The molecular weight excluding hydrogens is 454 g/mol. The minimum atomic E-state index is -0.0189. The third kappa shape index (κ3) is 5.99. The number of hydrogen-bond donors (Lipinski definition) is 2. The lowest BCUT2D eigenvalue weighted by atomic mass is 9.98. The van der Waals surface area contributed by atoms with E-state index in [0.29, 0.717) is 12.6 Å². The maximum atomic E-state index is 10.6. The molecule has 0 spiro atoms. The summed E-state index contributed by atoms with van der Waals surface area (Å²) in [6, 6.07) is 12.9. The molecule has 1 unspecified atom stereocenters. The lowest BCUT2D eigenvalue weighted by Crippen LogP contribution is -2.42. The molecular formula is C28H37N5O3. The number of H-pyrrole nitrogens is 1. The zero-order valence-corrected chi connectivity index (χ0v) is 21.7. The fourth-order valence-corrected chi connectivity index (χ4v) is 4.82. The van der Waals surface area contributed by atoms with E-state index in [4.69, 9.17) is 9.47 Å². The van der Waals surface area contributed by atoms with Crippen LogP contribution in [0.15, 0.2) is 48.8 Å². The number of anilines is 2. The number of methoxy groups -OCH3 is 1.